The summed E-state index contributed by atoms with van der Waals surface area (Å²) in [5.41, 5.74) is -0.183. The molecule has 0 saturated carbocycles. The molecule has 1 aromatic heterocycles. The predicted octanol–water partition coefficient (Wildman–Crippen LogP) is 0.313. The van der Waals surface area contributed by atoms with Crippen molar-refractivity contribution in [1.29, 1.82) is 0 Å². The van der Waals surface area contributed by atoms with Crippen LogP contribution < -0.4 is 10.9 Å². The zero-order valence-electron chi connectivity index (χ0n) is 12.5. The number of morpholine rings is 1. The Kier molecular flexibility index (Phi) is 4.85. The highest BCUT2D eigenvalue weighted by Crippen LogP contribution is 2.33. The zero-order valence-corrected chi connectivity index (χ0v) is 13.3. The molecular weight excluding hydrogens is 302 g/mol. The molecule has 1 amide bonds. The summed E-state index contributed by atoms with van der Waals surface area (Å²) in [7, 11) is 0. The van der Waals surface area contributed by atoms with E-state index in [0.29, 0.717) is 6.54 Å². The Bertz CT molecular complexity index is 577. The van der Waals surface area contributed by atoms with Crippen LogP contribution >= 0.6 is 11.8 Å². The van der Waals surface area contributed by atoms with E-state index in [4.69, 9.17) is 4.74 Å². The molecule has 2 aliphatic rings. The Morgan fingerprint density at radius 2 is 2.27 bits per heavy atom. The number of carbonyl (C=O) groups is 1. The van der Waals surface area contributed by atoms with E-state index in [2.05, 4.69) is 15.2 Å². The van der Waals surface area contributed by atoms with Gasteiger partial charge in [-0.05, 0) is 24.3 Å². The first kappa shape index (κ1) is 15.6. The number of nitrogens with zero attached hydrogens (tertiary/aromatic N) is 1. The molecule has 3 heterocycles. The van der Waals surface area contributed by atoms with Crippen molar-refractivity contribution in [2.75, 3.05) is 44.4 Å². The molecule has 2 fully saturated rings. The molecule has 120 valence electrons. The third kappa shape index (κ3) is 3.21. The number of aromatic amines is 1. The lowest BCUT2D eigenvalue weighted by molar-refractivity contribution is -0.0129. The van der Waals surface area contributed by atoms with E-state index in [0.717, 1.165) is 44.2 Å². The van der Waals surface area contributed by atoms with Crippen LogP contribution in [0.2, 0.25) is 0 Å². The molecule has 0 aromatic carbocycles. The minimum atomic E-state index is -0.346. The first-order valence-corrected chi connectivity index (χ1v) is 8.73. The van der Waals surface area contributed by atoms with Crippen molar-refractivity contribution in [3.63, 3.8) is 0 Å². The number of carbonyl (C=O) groups excluding carboxylic acids is 1. The molecule has 2 saturated heterocycles. The zero-order chi connectivity index (χ0) is 15.4. The number of H-pyrrole nitrogens is 1. The van der Waals surface area contributed by atoms with E-state index in [1.807, 2.05) is 11.8 Å². The van der Waals surface area contributed by atoms with Crippen LogP contribution in [-0.4, -0.2) is 65.7 Å². The van der Waals surface area contributed by atoms with Gasteiger partial charge in [-0.2, -0.15) is 11.8 Å². The van der Waals surface area contributed by atoms with Gasteiger partial charge < -0.3 is 15.0 Å². The normalized spacial score (nSPS) is 26.0. The molecule has 0 bridgehead atoms. The van der Waals surface area contributed by atoms with Crippen LogP contribution in [-0.2, 0) is 4.74 Å². The Morgan fingerprint density at radius 3 is 2.95 bits per heavy atom. The largest absolute Gasteiger partial charge is 0.379 e. The molecule has 0 aliphatic carbocycles. The fourth-order valence-electron chi connectivity index (χ4n) is 3.08. The molecule has 1 aromatic rings. The third-order valence-corrected chi connectivity index (χ3v) is 5.64. The van der Waals surface area contributed by atoms with Gasteiger partial charge in [0.2, 0.25) is 0 Å². The molecule has 22 heavy (non-hydrogen) atoms. The number of thioether (sulfide) groups is 1. The fraction of sp³-hybridized carbons (Fsp3) is 0.600. The van der Waals surface area contributed by atoms with E-state index >= 15 is 0 Å². The van der Waals surface area contributed by atoms with Gasteiger partial charge in [0.1, 0.15) is 5.56 Å². The number of amides is 1. The maximum Gasteiger partial charge on any atom is 0.260 e. The summed E-state index contributed by atoms with van der Waals surface area (Å²) in [5, 5.41) is 2.97. The highest BCUT2D eigenvalue weighted by molar-refractivity contribution is 7.99. The lowest BCUT2D eigenvalue weighted by Gasteiger charge is -2.43. The van der Waals surface area contributed by atoms with E-state index < -0.39 is 0 Å². The van der Waals surface area contributed by atoms with Gasteiger partial charge in [-0.3, -0.25) is 14.5 Å². The Labute approximate surface area is 133 Å². The molecule has 7 heteroatoms. The topological polar surface area (TPSA) is 74.4 Å². The number of pyridine rings is 1. The highest BCUT2D eigenvalue weighted by Gasteiger charge is 2.40. The molecule has 1 atom stereocenters. The summed E-state index contributed by atoms with van der Waals surface area (Å²) in [6.07, 6.45) is 2.59. The molecule has 0 spiro atoms. The van der Waals surface area contributed by atoms with E-state index in [1.54, 1.807) is 12.1 Å². The number of rotatable bonds is 4. The molecule has 2 aliphatic heterocycles. The van der Waals surface area contributed by atoms with Gasteiger partial charge in [-0.15, -0.1) is 0 Å². The van der Waals surface area contributed by atoms with Crippen LogP contribution in [0.5, 0.6) is 0 Å². The van der Waals surface area contributed by atoms with Crippen LogP contribution in [0.15, 0.2) is 23.1 Å². The second-order valence-corrected chi connectivity index (χ2v) is 6.83. The summed E-state index contributed by atoms with van der Waals surface area (Å²) in [6, 6.07) is 3.22. The number of hydrogen-bond donors (Lipinski definition) is 2. The van der Waals surface area contributed by atoms with Gasteiger partial charge in [0.05, 0.1) is 13.2 Å². The molecule has 0 radical (unpaired) electrons. The third-order valence-electron chi connectivity index (χ3n) is 4.41. The van der Waals surface area contributed by atoms with E-state index in [9.17, 15) is 9.59 Å². The molecular formula is C15H21N3O3S. The van der Waals surface area contributed by atoms with Crippen molar-refractivity contribution in [1.82, 2.24) is 15.2 Å². The maximum atomic E-state index is 12.3. The smallest absolute Gasteiger partial charge is 0.260 e. The second-order valence-electron chi connectivity index (χ2n) is 5.72. The van der Waals surface area contributed by atoms with Gasteiger partial charge in [0, 0.05) is 37.1 Å². The molecule has 2 N–H and O–H groups in total. The van der Waals surface area contributed by atoms with Crippen molar-refractivity contribution >= 4 is 17.7 Å². The SMILES string of the molecule is O=C(NC[C@@]1(N2CCOCC2)CCSC1)c1ccc[nH]c1=O. The second kappa shape index (κ2) is 6.85. The minimum absolute atomic E-state index is 0.00828. The van der Waals surface area contributed by atoms with Crippen molar-refractivity contribution in [3.05, 3.63) is 34.2 Å². The van der Waals surface area contributed by atoms with E-state index in [1.165, 1.54) is 6.20 Å². The van der Waals surface area contributed by atoms with Gasteiger partial charge >= 0.3 is 0 Å². The standard InChI is InChI=1S/C15H21N3O3S/c19-13-12(2-1-4-16-13)14(20)17-10-15(3-9-22-11-15)18-5-7-21-8-6-18/h1-2,4H,3,5-11H2,(H,16,19)(H,17,20)/t15-/m0/s1. The number of hydrogen-bond acceptors (Lipinski definition) is 5. The Hall–Kier alpha value is -1.31. The number of nitrogens with one attached hydrogen (secondary N) is 2. The van der Waals surface area contributed by atoms with Crippen LogP contribution in [0, 0.1) is 0 Å². The number of aromatic nitrogens is 1. The van der Waals surface area contributed by atoms with Crippen molar-refractivity contribution in [2.24, 2.45) is 0 Å². The molecule has 6 nitrogen and oxygen atoms in total. The summed E-state index contributed by atoms with van der Waals surface area (Å²) in [6.45, 7) is 3.88. The van der Waals surface area contributed by atoms with Crippen LogP contribution in [0.25, 0.3) is 0 Å². The average Bonchev–Trinajstić information content (AvgIpc) is 3.04. The van der Waals surface area contributed by atoms with Crippen LogP contribution in [0.4, 0.5) is 0 Å². The summed E-state index contributed by atoms with van der Waals surface area (Å²) < 4.78 is 5.43. The van der Waals surface area contributed by atoms with Crippen molar-refractivity contribution in [3.8, 4) is 0 Å². The van der Waals surface area contributed by atoms with Crippen molar-refractivity contribution in [2.45, 2.75) is 12.0 Å². The van der Waals surface area contributed by atoms with Gasteiger partial charge in [0.25, 0.3) is 11.5 Å². The monoisotopic (exact) mass is 323 g/mol. The predicted molar refractivity (Wildman–Crippen MR) is 86.5 cm³/mol. The van der Waals surface area contributed by atoms with Crippen molar-refractivity contribution < 1.29 is 9.53 Å². The lowest BCUT2D eigenvalue weighted by atomic mass is 9.95. The number of ether oxygens (including phenoxy) is 1. The summed E-state index contributed by atoms with van der Waals surface area (Å²) in [5.74, 6) is 1.82. The van der Waals surface area contributed by atoms with Gasteiger partial charge in [0.15, 0.2) is 0 Å². The quantitative estimate of drug-likeness (QED) is 0.834. The first-order valence-electron chi connectivity index (χ1n) is 7.58. The average molecular weight is 323 g/mol. The maximum absolute atomic E-state index is 12.3. The Balaban J connectivity index is 1.68. The molecule has 0 unspecified atom stereocenters. The van der Waals surface area contributed by atoms with Gasteiger partial charge in [-0.1, -0.05) is 0 Å². The van der Waals surface area contributed by atoms with Gasteiger partial charge in [-0.25, -0.2) is 0 Å². The highest BCUT2D eigenvalue weighted by atomic mass is 32.2. The van der Waals surface area contributed by atoms with E-state index in [-0.39, 0.29) is 22.6 Å². The first-order chi connectivity index (χ1) is 10.7. The molecule has 3 rings (SSSR count). The fourth-order valence-corrected chi connectivity index (χ4v) is 4.55. The minimum Gasteiger partial charge on any atom is -0.379 e. The Morgan fingerprint density at radius 1 is 1.45 bits per heavy atom. The lowest BCUT2D eigenvalue weighted by Crippen LogP contribution is -2.59. The van der Waals surface area contributed by atoms with Crippen LogP contribution in [0.3, 0.4) is 0 Å². The summed E-state index contributed by atoms with van der Waals surface area (Å²) in [4.78, 5) is 28.9. The van der Waals surface area contributed by atoms with Crippen LogP contribution in [0.1, 0.15) is 16.8 Å². The summed E-state index contributed by atoms with van der Waals surface area (Å²) >= 11 is 1.92.